The maximum atomic E-state index is 2.44. The molecule has 1 aromatic heterocycles. The molecule has 0 amide bonds. The van der Waals surface area contributed by atoms with Gasteiger partial charge in [-0.2, -0.15) is 0 Å². The van der Waals surface area contributed by atoms with Gasteiger partial charge in [0.2, 0.25) is 0 Å². The molecule has 2 aromatic carbocycles. The molecule has 2 heterocycles. The van der Waals surface area contributed by atoms with E-state index in [2.05, 4.69) is 85.3 Å². The van der Waals surface area contributed by atoms with E-state index in [1.165, 1.54) is 43.8 Å². The maximum absolute atomic E-state index is 2.44. The molecule has 3 aromatic rings. The molecule has 2 nitrogen and oxygen atoms in total. The van der Waals surface area contributed by atoms with E-state index in [1.54, 1.807) is 11.8 Å². The predicted molar refractivity (Wildman–Crippen MR) is 115 cm³/mol. The third kappa shape index (κ3) is 3.10. The molecule has 1 aliphatic rings. The fourth-order valence-electron chi connectivity index (χ4n) is 3.93. The molecule has 0 N–H and O–H groups in total. The second-order valence-corrected chi connectivity index (χ2v) is 8.23. The van der Waals surface area contributed by atoms with Gasteiger partial charge in [0.15, 0.2) is 0 Å². The molecule has 0 atom stereocenters. The van der Waals surface area contributed by atoms with E-state index < -0.39 is 0 Å². The first-order chi connectivity index (χ1) is 12.6. The molecule has 0 fully saturated rings. The van der Waals surface area contributed by atoms with Crippen molar-refractivity contribution >= 4 is 34.4 Å². The topological polar surface area (TPSA) is 8.17 Å². The van der Waals surface area contributed by atoms with Gasteiger partial charge in [-0.15, -0.1) is 11.8 Å². The summed E-state index contributed by atoms with van der Waals surface area (Å²) in [7, 11) is 2.22. The molecule has 26 heavy (non-hydrogen) atoms. The van der Waals surface area contributed by atoms with Gasteiger partial charge < -0.3 is 9.47 Å². The number of rotatable bonds is 3. The Morgan fingerprint density at radius 2 is 2.00 bits per heavy atom. The summed E-state index contributed by atoms with van der Waals surface area (Å²) in [4.78, 5) is 3.74. The lowest BCUT2D eigenvalue weighted by Gasteiger charge is -2.23. The normalized spacial score (nSPS) is 15.5. The number of nitrogens with zero attached hydrogens (tertiary/aromatic N) is 2. The number of hydrogen-bond donors (Lipinski definition) is 0. The summed E-state index contributed by atoms with van der Waals surface area (Å²) in [6, 6.07) is 15.7. The molecule has 134 valence electrons. The van der Waals surface area contributed by atoms with Crippen LogP contribution in [0.1, 0.15) is 29.3 Å². The lowest BCUT2D eigenvalue weighted by molar-refractivity contribution is 0.312. The summed E-state index contributed by atoms with van der Waals surface area (Å²) in [6.07, 6.45) is 5.57. The Kier molecular flexibility index (Phi) is 4.68. The van der Waals surface area contributed by atoms with Crippen LogP contribution < -0.4 is 0 Å². The lowest BCUT2D eigenvalue weighted by Crippen LogP contribution is -2.26. The first-order valence-corrected chi connectivity index (χ1v) is 10.4. The number of allylic oxidation sites excluding steroid dienone is 1. The largest absolute Gasteiger partial charge is 0.320 e. The quantitative estimate of drug-likeness (QED) is 0.554. The van der Waals surface area contributed by atoms with Crippen molar-refractivity contribution in [3.8, 4) is 0 Å². The van der Waals surface area contributed by atoms with Crippen LogP contribution in [0.25, 0.3) is 22.7 Å². The molecule has 1 aliphatic heterocycles. The van der Waals surface area contributed by atoms with Crippen LogP contribution in [0.15, 0.2) is 47.4 Å². The number of hydrogen-bond acceptors (Lipinski definition) is 2. The van der Waals surface area contributed by atoms with Crippen LogP contribution in [-0.2, 0) is 13.0 Å². The minimum Gasteiger partial charge on any atom is -0.320 e. The first-order valence-electron chi connectivity index (χ1n) is 9.20. The van der Waals surface area contributed by atoms with Crippen molar-refractivity contribution in [2.45, 2.75) is 31.7 Å². The van der Waals surface area contributed by atoms with E-state index in [0.717, 1.165) is 19.5 Å². The molecule has 3 heteroatoms. The zero-order valence-electron chi connectivity index (χ0n) is 16.0. The second-order valence-electron chi connectivity index (χ2n) is 7.35. The van der Waals surface area contributed by atoms with Crippen molar-refractivity contribution in [2.24, 2.45) is 0 Å². The predicted octanol–water partition coefficient (Wildman–Crippen LogP) is 5.68. The highest BCUT2D eigenvalue weighted by molar-refractivity contribution is 7.98. The van der Waals surface area contributed by atoms with Crippen LogP contribution in [-0.4, -0.2) is 29.3 Å². The van der Waals surface area contributed by atoms with Crippen molar-refractivity contribution in [1.82, 2.24) is 9.47 Å². The first kappa shape index (κ1) is 17.4. The van der Waals surface area contributed by atoms with Gasteiger partial charge in [0.1, 0.15) is 0 Å². The second kappa shape index (κ2) is 6.98. The highest BCUT2D eigenvalue weighted by Gasteiger charge is 2.21. The fraction of sp³-hybridized carbons (Fsp3) is 0.304. The molecule has 0 saturated heterocycles. The summed E-state index contributed by atoms with van der Waals surface area (Å²) in [5.74, 6) is 0. The van der Waals surface area contributed by atoms with Crippen LogP contribution in [0.4, 0.5) is 0 Å². The van der Waals surface area contributed by atoms with Gasteiger partial charge in [0, 0.05) is 41.7 Å². The maximum Gasteiger partial charge on any atom is 0.0529 e. The Morgan fingerprint density at radius 1 is 1.15 bits per heavy atom. The lowest BCUT2D eigenvalue weighted by atomic mass is 10.0. The zero-order valence-corrected chi connectivity index (χ0v) is 16.9. The Morgan fingerprint density at radius 3 is 2.81 bits per heavy atom. The van der Waals surface area contributed by atoms with Gasteiger partial charge in [-0.1, -0.05) is 23.8 Å². The molecule has 4 rings (SSSR count). The van der Waals surface area contributed by atoms with Gasteiger partial charge in [-0.05, 0) is 68.1 Å². The van der Waals surface area contributed by atoms with E-state index in [9.17, 15) is 0 Å². The Hall–Kier alpha value is -1.97. The molecule has 0 aliphatic carbocycles. The molecule has 0 radical (unpaired) electrons. The highest BCUT2D eigenvalue weighted by Crippen LogP contribution is 2.33. The number of likely N-dealkylation sites (N-methyl/N-ethyl adjacent to an activating group) is 1. The number of aromatic nitrogens is 1. The summed E-state index contributed by atoms with van der Waals surface area (Å²) in [5.41, 5.74) is 8.24. The minimum atomic E-state index is 1.04. The number of thioether (sulfide) groups is 1. The van der Waals surface area contributed by atoms with Crippen LogP contribution in [0, 0.1) is 6.92 Å². The Bertz CT molecular complexity index is 997. The minimum absolute atomic E-state index is 1.04. The number of aryl methyl sites for hydroxylation is 1. The van der Waals surface area contributed by atoms with Crippen LogP contribution in [0.2, 0.25) is 0 Å². The van der Waals surface area contributed by atoms with E-state index in [1.807, 2.05) is 0 Å². The summed E-state index contributed by atoms with van der Waals surface area (Å²) in [6.45, 7) is 6.57. The molecule has 0 bridgehead atoms. The third-order valence-corrected chi connectivity index (χ3v) is 6.11. The van der Waals surface area contributed by atoms with Crippen LogP contribution in [0.5, 0.6) is 0 Å². The van der Waals surface area contributed by atoms with Crippen molar-refractivity contribution < 1.29 is 0 Å². The summed E-state index contributed by atoms with van der Waals surface area (Å²) in [5, 5.41) is 1.41. The monoisotopic (exact) mass is 362 g/mol. The van der Waals surface area contributed by atoms with Crippen LogP contribution >= 0.6 is 11.8 Å². The summed E-state index contributed by atoms with van der Waals surface area (Å²) < 4.78 is 2.44. The third-order valence-electron chi connectivity index (χ3n) is 5.38. The molecular weight excluding hydrogens is 336 g/mol. The van der Waals surface area contributed by atoms with Gasteiger partial charge >= 0.3 is 0 Å². The molecule has 0 spiro atoms. The molecule has 0 unspecified atom stereocenters. The van der Waals surface area contributed by atoms with E-state index in [0.29, 0.717) is 0 Å². The summed E-state index contributed by atoms with van der Waals surface area (Å²) >= 11 is 1.80. The van der Waals surface area contributed by atoms with Gasteiger partial charge in [0.25, 0.3) is 0 Å². The highest BCUT2D eigenvalue weighted by atomic mass is 32.2. The molecular formula is C23H26N2S. The Balaban J connectivity index is 1.88. The van der Waals surface area contributed by atoms with E-state index >= 15 is 0 Å². The van der Waals surface area contributed by atoms with E-state index in [-0.39, 0.29) is 0 Å². The van der Waals surface area contributed by atoms with Crippen molar-refractivity contribution in [3.05, 3.63) is 64.8 Å². The smallest absolute Gasteiger partial charge is 0.0529 e. The standard InChI is InChI=1S/C23H26N2S/c1-16-8-9-22-20(12-16)21-15-24(3)11-10-23(21)25(22)14-17(2)18-6-5-7-19(13-18)26-4/h5-9,12-14H,10-11,15H2,1-4H3. The van der Waals surface area contributed by atoms with Crippen molar-refractivity contribution in [2.75, 3.05) is 19.8 Å². The zero-order chi connectivity index (χ0) is 18.3. The number of benzene rings is 2. The Labute approximate surface area is 160 Å². The average molecular weight is 363 g/mol. The SMILES string of the molecule is CSc1cccc(C(C)=Cn2c3c(c4cc(C)ccc42)CN(C)CC3)c1. The van der Waals surface area contributed by atoms with Crippen LogP contribution in [0.3, 0.4) is 0 Å². The van der Waals surface area contributed by atoms with Crippen molar-refractivity contribution in [3.63, 3.8) is 0 Å². The average Bonchev–Trinajstić information content (AvgIpc) is 2.94. The van der Waals surface area contributed by atoms with Gasteiger partial charge in [0.05, 0.1) is 5.52 Å². The van der Waals surface area contributed by atoms with Gasteiger partial charge in [-0.3, -0.25) is 0 Å². The van der Waals surface area contributed by atoms with Gasteiger partial charge in [-0.25, -0.2) is 0 Å². The fourth-order valence-corrected chi connectivity index (χ4v) is 4.38. The molecule has 0 saturated carbocycles. The van der Waals surface area contributed by atoms with Crippen molar-refractivity contribution in [1.29, 1.82) is 0 Å². The van der Waals surface area contributed by atoms with E-state index in [4.69, 9.17) is 0 Å². The number of fused-ring (bicyclic) bond motifs is 3.